The normalized spacial score (nSPS) is 24.7. The van der Waals surface area contributed by atoms with Gasteiger partial charge in [-0.2, -0.15) is 0 Å². The highest BCUT2D eigenvalue weighted by Crippen LogP contribution is 2.28. The number of hydrogen-bond donors (Lipinski definition) is 2. The van der Waals surface area contributed by atoms with Crippen molar-refractivity contribution in [3.8, 4) is 0 Å². The van der Waals surface area contributed by atoms with E-state index >= 15 is 0 Å². The number of rotatable bonds is 2. The van der Waals surface area contributed by atoms with E-state index in [4.69, 9.17) is 10.8 Å². The van der Waals surface area contributed by atoms with Crippen molar-refractivity contribution in [2.75, 3.05) is 17.2 Å². The number of carboxylic acid groups (broad SMARTS) is 1. The Morgan fingerprint density at radius 2 is 2.38 bits per heavy atom. The highest BCUT2D eigenvalue weighted by molar-refractivity contribution is 5.72. The van der Waals surface area contributed by atoms with E-state index in [9.17, 15) is 4.79 Å². The largest absolute Gasteiger partial charge is 0.481 e. The molecule has 0 aliphatic carbocycles. The lowest BCUT2D eigenvalue weighted by molar-refractivity contribution is -0.141. The third-order valence-electron chi connectivity index (χ3n) is 3.12. The third-order valence-corrected chi connectivity index (χ3v) is 3.12. The van der Waals surface area contributed by atoms with Gasteiger partial charge in [0.05, 0.1) is 5.92 Å². The Morgan fingerprint density at radius 3 is 2.94 bits per heavy atom. The van der Waals surface area contributed by atoms with Crippen molar-refractivity contribution in [2.45, 2.75) is 19.4 Å². The molecule has 2 heterocycles. The number of pyridine rings is 1. The molecule has 0 bridgehead atoms. The summed E-state index contributed by atoms with van der Waals surface area (Å²) in [6.07, 6.45) is 0.660. The molecule has 1 fully saturated rings. The van der Waals surface area contributed by atoms with Crippen LogP contribution < -0.4 is 10.6 Å². The molecule has 0 radical (unpaired) electrons. The summed E-state index contributed by atoms with van der Waals surface area (Å²) in [5.74, 6) is 0.168. The van der Waals surface area contributed by atoms with Gasteiger partial charge in [-0.25, -0.2) is 4.98 Å². The van der Waals surface area contributed by atoms with Crippen molar-refractivity contribution in [2.24, 2.45) is 5.92 Å². The SMILES string of the molecule is CC1[C@H](C(=O)O)CCN1c1cccc(N)n1. The molecule has 0 aromatic carbocycles. The lowest BCUT2D eigenvalue weighted by Gasteiger charge is -2.24. The molecule has 1 aliphatic rings. The number of anilines is 2. The number of aromatic nitrogens is 1. The number of carboxylic acids is 1. The van der Waals surface area contributed by atoms with E-state index in [1.54, 1.807) is 6.07 Å². The molecule has 1 aromatic rings. The van der Waals surface area contributed by atoms with Crippen LogP contribution in [0.1, 0.15) is 13.3 Å². The van der Waals surface area contributed by atoms with Crippen molar-refractivity contribution < 1.29 is 9.90 Å². The summed E-state index contributed by atoms with van der Waals surface area (Å²) in [5.41, 5.74) is 5.61. The van der Waals surface area contributed by atoms with Gasteiger partial charge in [0.15, 0.2) is 0 Å². The molecule has 2 atom stereocenters. The Kier molecular flexibility index (Phi) is 2.68. The Morgan fingerprint density at radius 1 is 1.62 bits per heavy atom. The molecule has 0 spiro atoms. The fourth-order valence-electron chi connectivity index (χ4n) is 2.19. The quantitative estimate of drug-likeness (QED) is 0.777. The molecule has 1 saturated heterocycles. The highest BCUT2D eigenvalue weighted by atomic mass is 16.4. The van der Waals surface area contributed by atoms with Gasteiger partial charge in [-0.1, -0.05) is 6.07 Å². The van der Waals surface area contributed by atoms with Crippen molar-refractivity contribution >= 4 is 17.6 Å². The van der Waals surface area contributed by atoms with Crippen LogP contribution in [0.3, 0.4) is 0 Å². The van der Waals surface area contributed by atoms with Crippen LogP contribution in [0.15, 0.2) is 18.2 Å². The lowest BCUT2D eigenvalue weighted by atomic mass is 10.0. The van der Waals surface area contributed by atoms with Crippen molar-refractivity contribution in [3.63, 3.8) is 0 Å². The monoisotopic (exact) mass is 221 g/mol. The first-order valence-corrected chi connectivity index (χ1v) is 5.31. The van der Waals surface area contributed by atoms with Crippen LogP contribution in [0.5, 0.6) is 0 Å². The molecule has 16 heavy (non-hydrogen) atoms. The molecule has 1 unspecified atom stereocenters. The second-order valence-corrected chi connectivity index (χ2v) is 4.09. The molecule has 0 saturated carbocycles. The molecule has 5 heteroatoms. The number of carbonyl (C=O) groups is 1. The van der Waals surface area contributed by atoms with Crippen LogP contribution in [0.4, 0.5) is 11.6 Å². The molecule has 0 amide bonds. The van der Waals surface area contributed by atoms with Crippen LogP contribution in [-0.2, 0) is 4.79 Å². The van der Waals surface area contributed by atoms with Gasteiger partial charge >= 0.3 is 5.97 Å². The fourth-order valence-corrected chi connectivity index (χ4v) is 2.19. The van der Waals surface area contributed by atoms with Gasteiger partial charge in [0, 0.05) is 12.6 Å². The molecule has 1 aromatic heterocycles. The number of nitrogens with zero attached hydrogens (tertiary/aromatic N) is 2. The summed E-state index contributed by atoms with van der Waals surface area (Å²) in [7, 11) is 0. The summed E-state index contributed by atoms with van der Waals surface area (Å²) in [6, 6.07) is 5.38. The van der Waals surface area contributed by atoms with Gasteiger partial charge in [0.25, 0.3) is 0 Å². The molecule has 86 valence electrons. The minimum Gasteiger partial charge on any atom is -0.481 e. The summed E-state index contributed by atoms with van der Waals surface area (Å²) < 4.78 is 0. The van der Waals surface area contributed by atoms with Crippen molar-refractivity contribution in [3.05, 3.63) is 18.2 Å². The third kappa shape index (κ3) is 1.80. The van der Waals surface area contributed by atoms with Gasteiger partial charge in [0.1, 0.15) is 11.6 Å². The molecular weight excluding hydrogens is 206 g/mol. The Balaban J connectivity index is 2.21. The first-order valence-electron chi connectivity index (χ1n) is 5.31. The number of hydrogen-bond acceptors (Lipinski definition) is 4. The second kappa shape index (κ2) is 4.00. The van der Waals surface area contributed by atoms with Crippen LogP contribution in [0, 0.1) is 5.92 Å². The average molecular weight is 221 g/mol. The zero-order valence-electron chi connectivity index (χ0n) is 9.13. The summed E-state index contributed by atoms with van der Waals surface area (Å²) >= 11 is 0. The summed E-state index contributed by atoms with van der Waals surface area (Å²) in [5, 5.41) is 9.03. The van der Waals surface area contributed by atoms with Gasteiger partial charge in [-0.05, 0) is 25.5 Å². The van der Waals surface area contributed by atoms with E-state index in [0.29, 0.717) is 18.8 Å². The van der Waals surface area contributed by atoms with Gasteiger partial charge in [-0.15, -0.1) is 0 Å². The molecule has 1 aliphatic heterocycles. The van der Waals surface area contributed by atoms with E-state index in [2.05, 4.69) is 4.98 Å². The van der Waals surface area contributed by atoms with Gasteiger partial charge in [0.2, 0.25) is 0 Å². The second-order valence-electron chi connectivity index (χ2n) is 4.09. The highest BCUT2D eigenvalue weighted by Gasteiger charge is 2.36. The minimum absolute atomic E-state index is 0.0354. The molecule has 2 rings (SSSR count). The van der Waals surface area contributed by atoms with Crippen LogP contribution in [0.25, 0.3) is 0 Å². The fraction of sp³-hybridized carbons (Fsp3) is 0.455. The Bertz CT molecular complexity index is 408. The van der Waals surface area contributed by atoms with Gasteiger partial charge < -0.3 is 15.7 Å². The zero-order valence-corrected chi connectivity index (χ0v) is 9.13. The molecule has 3 N–H and O–H groups in total. The smallest absolute Gasteiger partial charge is 0.308 e. The first-order chi connectivity index (χ1) is 7.59. The Hall–Kier alpha value is -1.78. The van der Waals surface area contributed by atoms with Crippen LogP contribution in [-0.4, -0.2) is 28.6 Å². The van der Waals surface area contributed by atoms with E-state index in [0.717, 1.165) is 5.82 Å². The van der Waals surface area contributed by atoms with Crippen molar-refractivity contribution in [1.82, 2.24) is 4.98 Å². The topological polar surface area (TPSA) is 79.5 Å². The van der Waals surface area contributed by atoms with Crippen LogP contribution >= 0.6 is 0 Å². The number of nitrogens with two attached hydrogens (primary N) is 1. The standard InChI is InChI=1S/C11H15N3O2/c1-7-8(11(15)16)5-6-14(7)10-4-2-3-9(12)13-10/h2-4,7-8H,5-6H2,1H3,(H2,12,13)(H,15,16)/t7?,8-/m1/s1. The van der Waals surface area contributed by atoms with E-state index < -0.39 is 5.97 Å². The Labute approximate surface area is 93.9 Å². The average Bonchev–Trinajstić information content (AvgIpc) is 2.60. The minimum atomic E-state index is -0.737. The molecule has 5 nitrogen and oxygen atoms in total. The lowest BCUT2D eigenvalue weighted by Crippen LogP contribution is -2.33. The maximum Gasteiger partial charge on any atom is 0.308 e. The summed E-state index contributed by atoms with van der Waals surface area (Å²) in [6.45, 7) is 2.63. The summed E-state index contributed by atoms with van der Waals surface area (Å²) in [4.78, 5) is 17.2. The zero-order chi connectivity index (χ0) is 11.7. The van der Waals surface area contributed by atoms with E-state index in [-0.39, 0.29) is 12.0 Å². The van der Waals surface area contributed by atoms with E-state index in [1.807, 2.05) is 24.0 Å². The maximum atomic E-state index is 11.0. The number of nitrogen functional groups attached to an aromatic ring is 1. The predicted molar refractivity (Wildman–Crippen MR) is 61.2 cm³/mol. The number of aliphatic carboxylic acids is 1. The maximum absolute atomic E-state index is 11.0. The van der Waals surface area contributed by atoms with E-state index in [1.165, 1.54) is 0 Å². The predicted octanol–water partition coefficient (Wildman–Crippen LogP) is 0.963. The molecular formula is C11H15N3O2. The van der Waals surface area contributed by atoms with Crippen molar-refractivity contribution in [1.29, 1.82) is 0 Å². The first kappa shape index (κ1) is 10.7. The van der Waals surface area contributed by atoms with Crippen LogP contribution in [0.2, 0.25) is 0 Å². The van der Waals surface area contributed by atoms with Gasteiger partial charge in [-0.3, -0.25) is 4.79 Å².